The fraction of sp³-hybridized carbons (Fsp3) is 0.185. The Balaban J connectivity index is 1.45. The Morgan fingerprint density at radius 3 is 1.97 bits per heavy atom. The summed E-state index contributed by atoms with van der Waals surface area (Å²) in [5.41, 5.74) is 3.82. The van der Waals surface area contributed by atoms with Crippen LogP contribution in [0.5, 0.6) is 11.5 Å². The van der Waals surface area contributed by atoms with Gasteiger partial charge in [-0.1, -0.05) is 48.5 Å². The van der Waals surface area contributed by atoms with Crippen molar-refractivity contribution in [2.45, 2.75) is 19.8 Å². The summed E-state index contributed by atoms with van der Waals surface area (Å²) < 4.78 is 16.0. The molecular weight excluding hydrogens is 404 g/mol. The number of ether oxygens (including phenoxy) is 3. The van der Waals surface area contributed by atoms with Crippen LogP contribution < -0.4 is 9.47 Å². The SMILES string of the molecule is C=CC(=O)OCCCCOc1ccc(C(=O)Oc2ccc(-c3ccc(C)cc3)cc2)cc1. The molecule has 0 aliphatic carbocycles. The van der Waals surface area contributed by atoms with Gasteiger partial charge in [0.15, 0.2) is 0 Å². The zero-order valence-corrected chi connectivity index (χ0v) is 18.1. The van der Waals surface area contributed by atoms with Crippen LogP contribution in [0.15, 0.2) is 85.5 Å². The van der Waals surface area contributed by atoms with Gasteiger partial charge >= 0.3 is 11.9 Å². The Hall–Kier alpha value is -3.86. The summed E-state index contributed by atoms with van der Waals surface area (Å²) in [5.74, 6) is 0.301. The first-order valence-corrected chi connectivity index (χ1v) is 10.5. The van der Waals surface area contributed by atoms with Crippen molar-refractivity contribution >= 4 is 11.9 Å². The predicted octanol–water partition coefficient (Wildman–Crippen LogP) is 5.77. The monoisotopic (exact) mass is 430 g/mol. The van der Waals surface area contributed by atoms with Gasteiger partial charge in [-0.2, -0.15) is 0 Å². The standard InChI is InChI=1S/C27H26O5/c1-3-26(28)31-19-5-4-18-30-24-14-12-23(13-15-24)27(29)32-25-16-10-22(11-17-25)21-8-6-20(2)7-9-21/h3,6-17H,1,4-5,18-19H2,2H3. The number of carbonyl (C=O) groups is 2. The summed E-state index contributed by atoms with van der Waals surface area (Å²) in [6.45, 7) is 6.22. The molecule has 5 heteroatoms. The summed E-state index contributed by atoms with van der Waals surface area (Å²) >= 11 is 0. The van der Waals surface area contributed by atoms with Crippen molar-refractivity contribution in [3.05, 3.63) is 96.6 Å². The lowest BCUT2D eigenvalue weighted by Crippen LogP contribution is -2.08. The number of rotatable bonds is 10. The third kappa shape index (κ3) is 6.84. The van der Waals surface area contributed by atoms with Crippen molar-refractivity contribution in [1.29, 1.82) is 0 Å². The maximum absolute atomic E-state index is 12.4. The Morgan fingerprint density at radius 1 is 0.781 bits per heavy atom. The van der Waals surface area contributed by atoms with Crippen molar-refractivity contribution in [1.82, 2.24) is 0 Å². The summed E-state index contributed by atoms with van der Waals surface area (Å²) in [5, 5.41) is 0. The second kappa shape index (κ2) is 11.5. The van der Waals surface area contributed by atoms with Crippen molar-refractivity contribution in [2.24, 2.45) is 0 Å². The number of benzene rings is 3. The third-order valence-corrected chi connectivity index (χ3v) is 4.76. The molecule has 0 atom stereocenters. The number of hydrogen-bond donors (Lipinski definition) is 0. The van der Waals surface area contributed by atoms with Crippen molar-refractivity contribution in [3.8, 4) is 22.6 Å². The predicted molar refractivity (Wildman–Crippen MR) is 124 cm³/mol. The Bertz CT molecular complexity index is 1030. The van der Waals surface area contributed by atoms with Gasteiger partial charge in [-0.05, 0) is 67.3 Å². The van der Waals surface area contributed by atoms with Crippen molar-refractivity contribution in [3.63, 3.8) is 0 Å². The van der Waals surface area contributed by atoms with Crippen LogP contribution in [0.4, 0.5) is 0 Å². The summed E-state index contributed by atoms with van der Waals surface area (Å²) in [6.07, 6.45) is 2.59. The molecule has 0 unspecified atom stereocenters. The van der Waals surface area contributed by atoms with Crippen LogP contribution >= 0.6 is 0 Å². The number of carbonyl (C=O) groups excluding carboxylic acids is 2. The van der Waals surface area contributed by atoms with E-state index in [0.717, 1.165) is 23.6 Å². The normalized spacial score (nSPS) is 10.3. The number of esters is 2. The maximum atomic E-state index is 12.4. The van der Waals surface area contributed by atoms with Gasteiger partial charge < -0.3 is 14.2 Å². The van der Waals surface area contributed by atoms with Crippen LogP contribution in [0.3, 0.4) is 0 Å². The summed E-state index contributed by atoms with van der Waals surface area (Å²) in [4.78, 5) is 23.4. The van der Waals surface area contributed by atoms with E-state index < -0.39 is 11.9 Å². The molecule has 3 rings (SSSR count). The highest BCUT2D eigenvalue weighted by atomic mass is 16.5. The van der Waals surface area contributed by atoms with E-state index in [9.17, 15) is 9.59 Å². The number of unbranched alkanes of at least 4 members (excludes halogenated alkanes) is 1. The molecule has 5 nitrogen and oxygen atoms in total. The third-order valence-electron chi connectivity index (χ3n) is 4.76. The topological polar surface area (TPSA) is 61.8 Å². The zero-order valence-electron chi connectivity index (χ0n) is 18.1. The highest BCUT2D eigenvalue weighted by Crippen LogP contribution is 2.23. The Morgan fingerprint density at radius 2 is 1.34 bits per heavy atom. The molecule has 0 aromatic heterocycles. The number of aryl methyl sites for hydroxylation is 1. The molecule has 0 spiro atoms. The van der Waals surface area contributed by atoms with E-state index in [0.29, 0.717) is 36.7 Å². The van der Waals surface area contributed by atoms with Crippen LogP contribution in [-0.4, -0.2) is 25.2 Å². The van der Waals surface area contributed by atoms with Crippen LogP contribution in [0.2, 0.25) is 0 Å². The van der Waals surface area contributed by atoms with Crippen LogP contribution in [0, 0.1) is 6.92 Å². The van der Waals surface area contributed by atoms with Crippen molar-refractivity contribution < 1.29 is 23.8 Å². The molecule has 3 aromatic rings. The van der Waals surface area contributed by atoms with Crippen LogP contribution in [0.25, 0.3) is 11.1 Å². The largest absolute Gasteiger partial charge is 0.494 e. The minimum Gasteiger partial charge on any atom is -0.494 e. The average molecular weight is 431 g/mol. The average Bonchev–Trinajstić information content (AvgIpc) is 2.82. The molecule has 0 aliphatic heterocycles. The molecule has 0 saturated carbocycles. The molecular formula is C27H26O5. The van der Waals surface area contributed by atoms with Gasteiger partial charge in [0.2, 0.25) is 0 Å². The van der Waals surface area contributed by atoms with Gasteiger partial charge in [0.05, 0.1) is 18.8 Å². The summed E-state index contributed by atoms with van der Waals surface area (Å²) in [6, 6.07) is 22.5. The Kier molecular flexibility index (Phi) is 8.21. The molecule has 3 aromatic carbocycles. The van der Waals surface area contributed by atoms with E-state index in [-0.39, 0.29) is 0 Å². The molecule has 0 bridgehead atoms. The van der Waals surface area contributed by atoms with E-state index in [4.69, 9.17) is 14.2 Å². The van der Waals surface area contributed by atoms with Crippen LogP contribution in [0.1, 0.15) is 28.8 Å². The van der Waals surface area contributed by atoms with Gasteiger partial charge in [0.25, 0.3) is 0 Å². The molecule has 0 aliphatic rings. The molecule has 32 heavy (non-hydrogen) atoms. The van der Waals surface area contributed by atoms with Gasteiger partial charge in [0, 0.05) is 6.08 Å². The minimum atomic E-state index is -0.427. The molecule has 0 amide bonds. The molecule has 0 N–H and O–H groups in total. The highest BCUT2D eigenvalue weighted by molar-refractivity contribution is 5.91. The van der Waals surface area contributed by atoms with Crippen LogP contribution in [-0.2, 0) is 9.53 Å². The molecule has 0 fully saturated rings. The molecule has 0 saturated heterocycles. The van der Waals surface area contributed by atoms with Gasteiger partial charge in [-0.3, -0.25) is 0 Å². The summed E-state index contributed by atoms with van der Waals surface area (Å²) in [7, 11) is 0. The van der Waals surface area contributed by atoms with Gasteiger partial charge in [-0.25, -0.2) is 9.59 Å². The zero-order chi connectivity index (χ0) is 22.8. The lowest BCUT2D eigenvalue weighted by Gasteiger charge is -2.08. The fourth-order valence-corrected chi connectivity index (χ4v) is 2.94. The highest BCUT2D eigenvalue weighted by Gasteiger charge is 2.09. The van der Waals surface area contributed by atoms with Gasteiger partial charge in [-0.15, -0.1) is 0 Å². The smallest absolute Gasteiger partial charge is 0.343 e. The molecule has 0 heterocycles. The van der Waals surface area contributed by atoms with Crippen molar-refractivity contribution in [2.75, 3.05) is 13.2 Å². The first kappa shape index (κ1) is 22.8. The fourth-order valence-electron chi connectivity index (χ4n) is 2.94. The van der Waals surface area contributed by atoms with E-state index in [2.05, 4.69) is 37.8 Å². The van der Waals surface area contributed by atoms with E-state index in [1.54, 1.807) is 36.4 Å². The lowest BCUT2D eigenvalue weighted by molar-refractivity contribution is -0.137. The second-order valence-corrected chi connectivity index (χ2v) is 7.23. The van der Waals surface area contributed by atoms with E-state index >= 15 is 0 Å². The minimum absolute atomic E-state index is 0.338. The maximum Gasteiger partial charge on any atom is 0.343 e. The Labute approximate surface area is 188 Å². The first-order valence-electron chi connectivity index (χ1n) is 10.5. The number of hydrogen-bond acceptors (Lipinski definition) is 5. The second-order valence-electron chi connectivity index (χ2n) is 7.23. The lowest BCUT2D eigenvalue weighted by atomic mass is 10.0. The van der Waals surface area contributed by atoms with Gasteiger partial charge in [0.1, 0.15) is 11.5 Å². The molecule has 0 radical (unpaired) electrons. The quantitative estimate of drug-likeness (QED) is 0.177. The first-order chi connectivity index (χ1) is 15.5. The molecule has 164 valence electrons. The van der Waals surface area contributed by atoms with E-state index in [1.807, 2.05) is 12.1 Å². The van der Waals surface area contributed by atoms with E-state index in [1.165, 1.54) is 5.56 Å².